The van der Waals surface area contributed by atoms with Crippen LogP contribution in [0.2, 0.25) is 0 Å². The van der Waals surface area contributed by atoms with Gasteiger partial charge in [0.25, 0.3) is 0 Å². The van der Waals surface area contributed by atoms with Gasteiger partial charge in [-0.1, -0.05) is 62.5 Å². The van der Waals surface area contributed by atoms with Crippen LogP contribution in [0.5, 0.6) is 0 Å². The number of hydrazine groups is 1. The predicted octanol–water partition coefficient (Wildman–Crippen LogP) is 3.92. The van der Waals surface area contributed by atoms with Crippen molar-refractivity contribution < 1.29 is 4.52 Å². The van der Waals surface area contributed by atoms with E-state index in [-0.39, 0.29) is 6.04 Å². The molecular formula is C31H47N9O. The molecule has 0 saturated heterocycles. The topological polar surface area (TPSA) is 142 Å². The van der Waals surface area contributed by atoms with E-state index < -0.39 is 0 Å². The molecule has 0 aliphatic heterocycles. The largest absolute Gasteiger partial charge is 0.385 e. The van der Waals surface area contributed by atoms with Crippen LogP contribution in [-0.2, 0) is 13.1 Å². The summed E-state index contributed by atoms with van der Waals surface area (Å²) in [6.45, 7) is 19.3. The highest BCUT2D eigenvalue weighted by molar-refractivity contribution is 5.94. The van der Waals surface area contributed by atoms with E-state index in [1.165, 1.54) is 5.56 Å². The Balaban J connectivity index is 1.74. The zero-order chi connectivity index (χ0) is 29.8. The van der Waals surface area contributed by atoms with Crippen molar-refractivity contribution in [2.75, 3.05) is 13.1 Å². The number of aromatic nitrogens is 1. The third-order valence-corrected chi connectivity index (χ3v) is 6.77. The number of aliphatic imine (C=N–C) groups is 1. The van der Waals surface area contributed by atoms with Crippen molar-refractivity contribution in [3.63, 3.8) is 0 Å². The Bertz CT molecular complexity index is 1230. The second-order valence-electron chi connectivity index (χ2n) is 10.7. The molecule has 2 aromatic rings. The Hall–Kier alpha value is -4.02. The van der Waals surface area contributed by atoms with Gasteiger partial charge < -0.3 is 36.5 Å². The molecule has 1 saturated carbocycles. The van der Waals surface area contributed by atoms with Crippen LogP contribution < -0.4 is 33.0 Å². The van der Waals surface area contributed by atoms with E-state index in [9.17, 15) is 0 Å². The molecule has 1 aliphatic carbocycles. The standard InChI is InChI=1S/C31H47N9O/c1-7-40(23(5)18-34-19-25-11-9-8-10-12-25)31(17-30(32)36-22(4)15-29(38-33)26-13-14-26)37-24(6)35-20-27-16-28(21(2)3)39-41-27/h8-12,15-17,21,23,26,34-36,38H,4,6-7,13-14,18-20,32-33H2,1-3,5H3/b29-15-,30-17+,37-31+/t23-/m1/s1. The lowest BCUT2D eigenvalue weighted by molar-refractivity contribution is 0.331. The summed E-state index contributed by atoms with van der Waals surface area (Å²) in [5.74, 6) is 8.72. The highest BCUT2D eigenvalue weighted by Gasteiger charge is 2.25. The van der Waals surface area contributed by atoms with Gasteiger partial charge in [0.2, 0.25) is 0 Å². The van der Waals surface area contributed by atoms with Crippen LogP contribution in [0.25, 0.3) is 0 Å². The van der Waals surface area contributed by atoms with Crippen molar-refractivity contribution in [2.24, 2.45) is 22.5 Å². The number of nitrogens with zero attached hydrogens (tertiary/aromatic N) is 3. The van der Waals surface area contributed by atoms with Crippen LogP contribution in [0.1, 0.15) is 63.5 Å². The lowest BCUT2D eigenvalue weighted by atomic mass is 10.1. The minimum Gasteiger partial charge on any atom is -0.385 e. The van der Waals surface area contributed by atoms with Gasteiger partial charge in [0.05, 0.1) is 12.2 Å². The number of hydrogen-bond donors (Lipinski definition) is 6. The van der Waals surface area contributed by atoms with E-state index in [0.717, 1.165) is 43.1 Å². The fraction of sp³-hybridized carbons (Fsp3) is 0.419. The Morgan fingerprint density at radius 3 is 2.51 bits per heavy atom. The van der Waals surface area contributed by atoms with Crippen LogP contribution in [0.15, 0.2) is 94.3 Å². The smallest absolute Gasteiger partial charge is 0.156 e. The summed E-state index contributed by atoms with van der Waals surface area (Å²) in [7, 11) is 0. The minimum absolute atomic E-state index is 0.119. The molecule has 1 fully saturated rings. The molecule has 10 heteroatoms. The molecule has 10 nitrogen and oxygen atoms in total. The van der Waals surface area contributed by atoms with Gasteiger partial charge in [0, 0.05) is 55.1 Å². The minimum atomic E-state index is 0.119. The Labute approximate surface area is 244 Å². The number of allylic oxidation sites excluding steroid dienone is 2. The van der Waals surface area contributed by atoms with Crippen LogP contribution in [-0.4, -0.2) is 35.0 Å². The van der Waals surface area contributed by atoms with Gasteiger partial charge in [0.15, 0.2) is 5.76 Å². The van der Waals surface area contributed by atoms with Gasteiger partial charge in [0.1, 0.15) is 17.5 Å². The zero-order valence-corrected chi connectivity index (χ0v) is 24.9. The van der Waals surface area contributed by atoms with Gasteiger partial charge in [-0.2, -0.15) is 0 Å². The molecule has 0 unspecified atom stereocenters. The number of nitrogens with two attached hydrogens (primary N) is 2. The Morgan fingerprint density at radius 1 is 1.17 bits per heavy atom. The van der Waals surface area contributed by atoms with Gasteiger partial charge >= 0.3 is 0 Å². The summed E-state index contributed by atoms with van der Waals surface area (Å²) >= 11 is 0. The highest BCUT2D eigenvalue weighted by Crippen LogP contribution is 2.34. The lowest BCUT2D eigenvalue weighted by Gasteiger charge is -2.30. The molecule has 222 valence electrons. The van der Waals surface area contributed by atoms with Crippen LogP contribution in [0, 0.1) is 5.92 Å². The quantitative estimate of drug-likeness (QED) is 0.0557. The molecule has 0 radical (unpaired) electrons. The van der Waals surface area contributed by atoms with Crippen LogP contribution in [0.4, 0.5) is 0 Å². The first-order valence-corrected chi connectivity index (χ1v) is 14.3. The fourth-order valence-electron chi connectivity index (χ4n) is 4.32. The van der Waals surface area contributed by atoms with Crippen LogP contribution in [0.3, 0.4) is 0 Å². The monoisotopic (exact) mass is 561 g/mol. The maximum Gasteiger partial charge on any atom is 0.156 e. The van der Waals surface area contributed by atoms with Crippen molar-refractivity contribution in [1.29, 1.82) is 0 Å². The van der Waals surface area contributed by atoms with Crippen molar-refractivity contribution in [3.05, 3.63) is 102 Å². The van der Waals surface area contributed by atoms with E-state index in [4.69, 9.17) is 21.1 Å². The number of likely N-dealkylation sites (N-methyl/N-ethyl adjacent to an activating group) is 1. The first-order chi connectivity index (χ1) is 19.7. The molecule has 0 amide bonds. The molecule has 1 heterocycles. The van der Waals surface area contributed by atoms with Crippen molar-refractivity contribution in [1.82, 2.24) is 31.4 Å². The van der Waals surface area contributed by atoms with E-state index in [0.29, 0.717) is 48.1 Å². The third-order valence-electron chi connectivity index (χ3n) is 6.77. The normalized spacial score (nSPS) is 15.0. The number of benzene rings is 1. The lowest BCUT2D eigenvalue weighted by Crippen LogP contribution is -2.44. The zero-order valence-electron chi connectivity index (χ0n) is 24.9. The summed E-state index contributed by atoms with van der Waals surface area (Å²) in [6, 6.07) is 12.4. The molecular weight excluding hydrogens is 514 g/mol. The molecule has 1 atom stereocenters. The summed E-state index contributed by atoms with van der Waals surface area (Å²) in [6.07, 6.45) is 5.94. The maximum atomic E-state index is 6.44. The maximum absolute atomic E-state index is 6.44. The highest BCUT2D eigenvalue weighted by atomic mass is 16.5. The molecule has 1 aromatic heterocycles. The first kappa shape index (κ1) is 31.5. The Morgan fingerprint density at radius 2 is 1.90 bits per heavy atom. The van der Waals surface area contributed by atoms with Gasteiger partial charge in [-0.25, -0.2) is 4.99 Å². The summed E-state index contributed by atoms with van der Waals surface area (Å²) in [5, 5.41) is 14.1. The molecule has 1 aliphatic rings. The van der Waals surface area contributed by atoms with Crippen molar-refractivity contribution in [2.45, 2.75) is 65.6 Å². The number of amidine groups is 1. The molecule has 1 aromatic carbocycles. The van der Waals surface area contributed by atoms with Gasteiger partial charge in [-0.3, -0.25) is 5.84 Å². The summed E-state index contributed by atoms with van der Waals surface area (Å²) in [4.78, 5) is 7.01. The molecule has 8 N–H and O–H groups in total. The van der Waals surface area contributed by atoms with Crippen LogP contribution >= 0.6 is 0 Å². The van der Waals surface area contributed by atoms with E-state index in [1.54, 1.807) is 6.08 Å². The molecule has 41 heavy (non-hydrogen) atoms. The van der Waals surface area contributed by atoms with Gasteiger partial charge in [-0.15, -0.1) is 0 Å². The second kappa shape index (κ2) is 15.7. The first-order valence-electron chi connectivity index (χ1n) is 14.3. The second-order valence-corrected chi connectivity index (χ2v) is 10.7. The molecule has 0 spiro atoms. The number of nitrogens with one attached hydrogen (secondary N) is 4. The summed E-state index contributed by atoms with van der Waals surface area (Å²) < 4.78 is 5.45. The average Bonchev–Trinajstić information content (AvgIpc) is 3.67. The van der Waals surface area contributed by atoms with E-state index in [1.807, 2.05) is 30.3 Å². The molecule has 0 bridgehead atoms. The summed E-state index contributed by atoms with van der Waals surface area (Å²) in [5.41, 5.74) is 12.9. The average molecular weight is 562 g/mol. The third kappa shape index (κ3) is 10.5. The predicted molar refractivity (Wildman–Crippen MR) is 167 cm³/mol. The van der Waals surface area contributed by atoms with E-state index >= 15 is 0 Å². The number of hydrogen-bond acceptors (Lipinski definition) is 9. The SMILES string of the molecule is C=C(/C=C(\NN)C1CC1)N/C(N)=C/C(=N\C(=C)NCc1cc(C(C)C)no1)N(CC)[C@H](C)CNCc1ccccc1. The van der Waals surface area contributed by atoms with E-state index in [2.05, 4.69) is 84.4 Å². The van der Waals surface area contributed by atoms with Crippen molar-refractivity contribution in [3.8, 4) is 0 Å². The van der Waals surface area contributed by atoms with Crippen molar-refractivity contribution >= 4 is 5.84 Å². The van der Waals surface area contributed by atoms with Gasteiger partial charge in [-0.05, 0) is 44.2 Å². The Kier molecular flexibility index (Phi) is 12.1. The molecule has 3 rings (SSSR count). The fourth-order valence-corrected chi connectivity index (χ4v) is 4.32. The number of rotatable bonds is 17.